The van der Waals surface area contributed by atoms with Crippen molar-refractivity contribution in [1.82, 2.24) is 9.97 Å². The van der Waals surface area contributed by atoms with E-state index >= 15 is 0 Å². The molecule has 2 N–H and O–H groups in total. The van der Waals surface area contributed by atoms with Crippen LogP contribution in [0.2, 0.25) is 0 Å². The van der Waals surface area contributed by atoms with Crippen molar-refractivity contribution in [3.8, 4) is 0 Å². The molecule has 0 atom stereocenters. The number of nitrogens with one attached hydrogen (secondary N) is 2. The first-order valence-corrected chi connectivity index (χ1v) is 8.38. The molecule has 0 spiro atoms. The molecule has 1 heterocycles. The van der Waals surface area contributed by atoms with Crippen molar-refractivity contribution >= 4 is 45.7 Å². The molecule has 3 rings (SSSR count). The predicted octanol–water partition coefficient (Wildman–Crippen LogP) is 5.73. The van der Waals surface area contributed by atoms with Crippen LogP contribution in [0.3, 0.4) is 0 Å². The third-order valence-electron chi connectivity index (χ3n) is 3.30. The quantitative estimate of drug-likeness (QED) is 0.375. The summed E-state index contributed by atoms with van der Waals surface area (Å²) in [5.74, 6) is -0.911. The maximum atomic E-state index is 13.2. The van der Waals surface area contributed by atoms with Crippen LogP contribution >= 0.6 is 22.6 Å². The molecule has 0 amide bonds. The topological polar surface area (TPSA) is 49.8 Å². The summed E-state index contributed by atoms with van der Waals surface area (Å²) < 4.78 is 53.6. The molecule has 134 valence electrons. The van der Waals surface area contributed by atoms with E-state index in [9.17, 15) is 17.6 Å². The minimum atomic E-state index is -4.64. The smallest absolute Gasteiger partial charge is 0.340 e. The highest BCUT2D eigenvalue weighted by Gasteiger charge is 2.35. The van der Waals surface area contributed by atoms with E-state index in [0.29, 0.717) is 11.9 Å². The number of benzene rings is 2. The van der Waals surface area contributed by atoms with Crippen molar-refractivity contribution in [2.45, 2.75) is 6.18 Å². The van der Waals surface area contributed by atoms with Gasteiger partial charge in [-0.3, -0.25) is 0 Å². The molecule has 0 saturated carbocycles. The summed E-state index contributed by atoms with van der Waals surface area (Å²) in [5.41, 5.74) is -0.108. The van der Waals surface area contributed by atoms with Gasteiger partial charge in [-0.05, 0) is 71.1 Å². The molecule has 0 aliphatic carbocycles. The summed E-state index contributed by atoms with van der Waals surface area (Å²) in [6.07, 6.45) is -3.93. The first-order valence-electron chi connectivity index (χ1n) is 7.31. The number of nitrogens with zero attached hydrogens (tertiary/aromatic N) is 2. The third-order valence-corrected chi connectivity index (χ3v) is 4.02. The van der Waals surface area contributed by atoms with Gasteiger partial charge >= 0.3 is 6.18 Å². The van der Waals surface area contributed by atoms with Crippen molar-refractivity contribution in [3.05, 3.63) is 69.7 Å². The molecular formula is C17H11F4IN4. The first kappa shape index (κ1) is 18.4. The summed E-state index contributed by atoms with van der Waals surface area (Å²) in [4.78, 5) is 7.66. The molecule has 0 bridgehead atoms. The molecule has 26 heavy (non-hydrogen) atoms. The van der Waals surface area contributed by atoms with Gasteiger partial charge in [-0.15, -0.1) is 0 Å². The second kappa shape index (κ2) is 7.44. The van der Waals surface area contributed by atoms with Crippen LogP contribution in [0, 0.1) is 9.39 Å². The highest BCUT2D eigenvalue weighted by molar-refractivity contribution is 14.1. The molecule has 0 aliphatic heterocycles. The van der Waals surface area contributed by atoms with Crippen LogP contribution in [0.5, 0.6) is 0 Å². The van der Waals surface area contributed by atoms with Crippen LogP contribution in [0.1, 0.15) is 5.56 Å². The molecule has 0 fully saturated rings. The fourth-order valence-corrected chi connectivity index (χ4v) is 2.44. The van der Waals surface area contributed by atoms with E-state index in [2.05, 4.69) is 43.2 Å². The molecule has 0 unspecified atom stereocenters. The molecular weight excluding hydrogens is 463 g/mol. The van der Waals surface area contributed by atoms with Crippen molar-refractivity contribution < 1.29 is 17.6 Å². The van der Waals surface area contributed by atoms with Gasteiger partial charge in [0.15, 0.2) is 0 Å². The SMILES string of the molecule is Fc1ccc(Nc2nc(Nc3ccc(I)cc3)ncc2C(F)(F)F)cc1. The summed E-state index contributed by atoms with van der Waals surface area (Å²) >= 11 is 2.14. The Morgan fingerprint density at radius 2 is 1.42 bits per heavy atom. The molecule has 9 heteroatoms. The minimum absolute atomic E-state index is 0.00354. The average molecular weight is 474 g/mol. The van der Waals surface area contributed by atoms with Gasteiger partial charge in [0.2, 0.25) is 5.95 Å². The molecule has 2 aromatic carbocycles. The number of alkyl halides is 3. The maximum absolute atomic E-state index is 13.2. The van der Waals surface area contributed by atoms with E-state index in [4.69, 9.17) is 0 Å². The monoisotopic (exact) mass is 474 g/mol. The summed E-state index contributed by atoms with van der Waals surface area (Å²) in [6.45, 7) is 0. The first-order chi connectivity index (χ1) is 12.3. The van der Waals surface area contributed by atoms with E-state index in [-0.39, 0.29) is 11.6 Å². The number of hydrogen-bond acceptors (Lipinski definition) is 4. The Morgan fingerprint density at radius 3 is 2.04 bits per heavy atom. The number of rotatable bonds is 4. The van der Waals surface area contributed by atoms with Gasteiger partial charge in [0.1, 0.15) is 17.2 Å². The van der Waals surface area contributed by atoms with Crippen LogP contribution in [-0.2, 0) is 6.18 Å². The molecule has 0 saturated heterocycles. The van der Waals surface area contributed by atoms with Gasteiger partial charge in [0, 0.05) is 21.1 Å². The molecule has 0 aliphatic rings. The maximum Gasteiger partial charge on any atom is 0.421 e. The Morgan fingerprint density at radius 1 is 0.846 bits per heavy atom. The molecule has 4 nitrogen and oxygen atoms in total. The molecule has 0 radical (unpaired) electrons. The summed E-state index contributed by atoms with van der Waals surface area (Å²) in [7, 11) is 0. The number of hydrogen-bond donors (Lipinski definition) is 2. The van der Waals surface area contributed by atoms with Crippen LogP contribution < -0.4 is 10.6 Å². The largest absolute Gasteiger partial charge is 0.421 e. The van der Waals surface area contributed by atoms with Gasteiger partial charge in [-0.25, -0.2) is 9.37 Å². The van der Waals surface area contributed by atoms with Gasteiger partial charge < -0.3 is 10.6 Å². The summed E-state index contributed by atoms with van der Waals surface area (Å²) in [6, 6.07) is 12.1. The van der Waals surface area contributed by atoms with Crippen LogP contribution in [0.15, 0.2) is 54.7 Å². The Hall–Kier alpha value is -2.43. The van der Waals surface area contributed by atoms with Gasteiger partial charge in [-0.1, -0.05) is 0 Å². The van der Waals surface area contributed by atoms with E-state index in [1.54, 1.807) is 12.1 Å². The highest BCUT2D eigenvalue weighted by Crippen LogP contribution is 2.35. The van der Waals surface area contributed by atoms with E-state index in [1.165, 1.54) is 12.1 Å². The lowest BCUT2D eigenvalue weighted by molar-refractivity contribution is -0.137. The lowest BCUT2D eigenvalue weighted by Gasteiger charge is -2.15. The third kappa shape index (κ3) is 4.59. The highest BCUT2D eigenvalue weighted by atomic mass is 127. The van der Waals surface area contributed by atoms with Crippen molar-refractivity contribution in [2.24, 2.45) is 0 Å². The van der Waals surface area contributed by atoms with Crippen LogP contribution in [0.4, 0.5) is 40.7 Å². The van der Waals surface area contributed by atoms with E-state index in [0.717, 1.165) is 15.7 Å². The zero-order valence-electron chi connectivity index (χ0n) is 13.0. The zero-order chi connectivity index (χ0) is 18.7. The predicted molar refractivity (Wildman–Crippen MR) is 99.2 cm³/mol. The fraction of sp³-hybridized carbons (Fsp3) is 0.0588. The fourth-order valence-electron chi connectivity index (χ4n) is 2.08. The Balaban J connectivity index is 1.93. The molecule has 1 aromatic heterocycles. The van der Waals surface area contributed by atoms with Crippen molar-refractivity contribution in [3.63, 3.8) is 0 Å². The van der Waals surface area contributed by atoms with Gasteiger partial charge in [0.05, 0.1) is 0 Å². The zero-order valence-corrected chi connectivity index (χ0v) is 15.1. The molecule has 3 aromatic rings. The lowest BCUT2D eigenvalue weighted by atomic mass is 10.2. The Labute approximate surface area is 159 Å². The second-order valence-corrected chi connectivity index (χ2v) is 6.46. The van der Waals surface area contributed by atoms with Gasteiger partial charge in [0.25, 0.3) is 0 Å². The second-order valence-electron chi connectivity index (χ2n) is 5.22. The summed E-state index contributed by atoms with van der Waals surface area (Å²) in [5, 5.41) is 5.41. The number of anilines is 4. The lowest BCUT2D eigenvalue weighted by Crippen LogP contribution is -2.12. The average Bonchev–Trinajstić information content (AvgIpc) is 2.58. The normalized spacial score (nSPS) is 11.3. The van der Waals surface area contributed by atoms with Crippen LogP contribution in [-0.4, -0.2) is 9.97 Å². The van der Waals surface area contributed by atoms with Crippen molar-refractivity contribution in [2.75, 3.05) is 10.6 Å². The minimum Gasteiger partial charge on any atom is -0.340 e. The Bertz CT molecular complexity index is 896. The number of halogens is 5. The van der Waals surface area contributed by atoms with Gasteiger partial charge in [-0.2, -0.15) is 18.2 Å². The standard InChI is InChI=1S/C17H11F4IN4/c18-10-1-5-12(6-2-10)24-15-14(17(19,20)21)9-23-16(26-15)25-13-7-3-11(22)4-8-13/h1-9H,(H2,23,24,25,26). The Kier molecular flexibility index (Phi) is 5.25. The van der Waals surface area contributed by atoms with Crippen LogP contribution in [0.25, 0.3) is 0 Å². The van der Waals surface area contributed by atoms with E-state index < -0.39 is 23.4 Å². The number of aromatic nitrogens is 2. The van der Waals surface area contributed by atoms with E-state index in [1.807, 2.05) is 12.1 Å². The van der Waals surface area contributed by atoms with Crippen molar-refractivity contribution in [1.29, 1.82) is 0 Å².